The van der Waals surface area contributed by atoms with Crippen LogP contribution in [0.2, 0.25) is 0 Å². The minimum Gasteiger partial charge on any atom is -0.316 e. The molecular weight excluding hydrogens is 196 g/mol. The summed E-state index contributed by atoms with van der Waals surface area (Å²) in [4.78, 5) is 2.66. The van der Waals surface area contributed by atoms with E-state index in [1.807, 2.05) is 0 Å². The molecule has 1 saturated heterocycles. The van der Waals surface area contributed by atoms with Gasteiger partial charge in [-0.3, -0.25) is 0 Å². The predicted octanol–water partition coefficient (Wildman–Crippen LogP) is 2.74. The number of likely N-dealkylation sites (tertiary alicyclic amines) is 1. The van der Waals surface area contributed by atoms with Gasteiger partial charge in [-0.15, -0.1) is 0 Å². The van der Waals surface area contributed by atoms with Crippen molar-refractivity contribution in [1.82, 2.24) is 10.2 Å². The molecule has 1 N–H and O–H groups in total. The first-order valence-corrected chi connectivity index (χ1v) is 7.04. The SMILES string of the molecule is CC(C)CNCCCN1CCC(C)CC1C. The molecule has 0 amide bonds. The third-order valence-electron chi connectivity index (χ3n) is 3.63. The summed E-state index contributed by atoms with van der Waals surface area (Å²) in [6.45, 7) is 14.2. The van der Waals surface area contributed by atoms with Gasteiger partial charge in [0.2, 0.25) is 0 Å². The molecule has 2 unspecified atom stereocenters. The van der Waals surface area contributed by atoms with Crippen molar-refractivity contribution in [3.8, 4) is 0 Å². The van der Waals surface area contributed by atoms with Crippen molar-refractivity contribution in [1.29, 1.82) is 0 Å². The molecule has 0 aromatic heterocycles. The molecule has 16 heavy (non-hydrogen) atoms. The van der Waals surface area contributed by atoms with Crippen molar-refractivity contribution in [2.24, 2.45) is 11.8 Å². The van der Waals surface area contributed by atoms with Crippen LogP contribution in [0.4, 0.5) is 0 Å². The highest BCUT2D eigenvalue weighted by atomic mass is 15.2. The average Bonchev–Trinajstić information content (AvgIpc) is 2.20. The largest absolute Gasteiger partial charge is 0.316 e. The highest BCUT2D eigenvalue weighted by molar-refractivity contribution is 4.76. The van der Waals surface area contributed by atoms with E-state index in [0.717, 1.165) is 24.4 Å². The minimum absolute atomic E-state index is 0.773. The Hall–Kier alpha value is -0.0800. The standard InChI is InChI=1S/C14H30N2/c1-12(2)11-15-7-5-8-16-9-6-13(3)10-14(16)4/h12-15H,5-11H2,1-4H3. The van der Waals surface area contributed by atoms with Gasteiger partial charge in [0.15, 0.2) is 0 Å². The van der Waals surface area contributed by atoms with E-state index in [2.05, 4.69) is 37.9 Å². The van der Waals surface area contributed by atoms with Crippen LogP contribution >= 0.6 is 0 Å². The van der Waals surface area contributed by atoms with Gasteiger partial charge >= 0.3 is 0 Å². The van der Waals surface area contributed by atoms with Gasteiger partial charge in [0.1, 0.15) is 0 Å². The quantitative estimate of drug-likeness (QED) is 0.701. The van der Waals surface area contributed by atoms with Gasteiger partial charge in [-0.05, 0) is 64.2 Å². The summed E-state index contributed by atoms with van der Waals surface area (Å²) in [7, 11) is 0. The Morgan fingerprint density at radius 2 is 2.06 bits per heavy atom. The Labute approximate surface area is 102 Å². The third kappa shape index (κ3) is 5.31. The second kappa shape index (κ2) is 7.29. The van der Waals surface area contributed by atoms with E-state index in [0.29, 0.717) is 0 Å². The Kier molecular flexibility index (Phi) is 6.37. The number of nitrogens with one attached hydrogen (secondary N) is 1. The lowest BCUT2D eigenvalue weighted by Crippen LogP contribution is -2.41. The summed E-state index contributed by atoms with van der Waals surface area (Å²) in [6, 6.07) is 0.800. The van der Waals surface area contributed by atoms with Crippen LogP contribution in [-0.4, -0.2) is 37.1 Å². The maximum absolute atomic E-state index is 3.52. The topological polar surface area (TPSA) is 15.3 Å². The first-order valence-electron chi connectivity index (χ1n) is 7.04. The summed E-state index contributed by atoms with van der Waals surface area (Å²) in [5, 5.41) is 3.52. The van der Waals surface area contributed by atoms with Crippen molar-refractivity contribution in [3.05, 3.63) is 0 Å². The van der Waals surface area contributed by atoms with Crippen molar-refractivity contribution >= 4 is 0 Å². The molecule has 1 fully saturated rings. The van der Waals surface area contributed by atoms with Gasteiger partial charge in [0.05, 0.1) is 0 Å². The zero-order chi connectivity index (χ0) is 12.0. The Morgan fingerprint density at radius 3 is 2.69 bits per heavy atom. The lowest BCUT2D eigenvalue weighted by molar-refractivity contribution is 0.128. The summed E-state index contributed by atoms with van der Waals surface area (Å²) >= 11 is 0. The molecule has 2 heteroatoms. The second-order valence-electron chi connectivity index (χ2n) is 5.97. The Morgan fingerprint density at radius 1 is 1.31 bits per heavy atom. The number of hydrogen-bond donors (Lipinski definition) is 1. The molecule has 1 aliphatic heterocycles. The number of rotatable bonds is 6. The van der Waals surface area contributed by atoms with E-state index in [4.69, 9.17) is 0 Å². The van der Waals surface area contributed by atoms with E-state index in [1.54, 1.807) is 0 Å². The molecule has 1 rings (SSSR count). The molecule has 0 radical (unpaired) electrons. The monoisotopic (exact) mass is 226 g/mol. The minimum atomic E-state index is 0.773. The lowest BCUT2D eigenvalue weighted by Gasteiger charge is -2.36. The normalized spacial score (nSPS) is 27.6. The summed E-state index contributed by atoms with van der Waals surface area (Å²) in [6.07, 6.45) is 4.08. The van der Waals surface area contributed by atoms with Crippen molar-refractivity contribution in [3.63, 3.8) is 0 Å². The molecule has 0 bridgehead atoms. The highest BCUT2D eigenvalue weighted by Gasteiger charge is 2.21. The molecular formula is C14H30N2. The van der Waals surface area contributed by atoms with Gasteiger partial charge in [-0.2, -0.15) is 0 Å². The summed E-state index contributed by atoms with van der Waals surface area (Å²) in [5.41, 5.74) is 0. The van der Waals surface area contributed by atoms with Crippen LogP contribution < -0.4 is 5.32 Å². The van der Waals surface area contributed by atoms with Gasteiger partial charge < -0.3 is 10.2 Å². The van der Waals surface area contributed by atoms with Gasteiger partial charge in [-0.1, -0.05) is 20.8 Å². The molecule has 0 aromatic rings. The number of hydrogen-bond acceptors (Lipinski definition) is 2. The maximum atomic E-state index is 3.52. The second-order valence-corrected chi connectivity index (χ2v) is 5.97. The fraction of sp³-hybridized carbons (Fsp3) is 1.00. The molecule has 0 aromatic carbocycles. The van der Waals surface area contributed by atoms with Crippen molar-refractivity contribution in [2.75, 3.05) is 26.2 Å². The van der Waals surface area contributed by atoms with Crippen LogP contribution in [0, 0.1) is 11.8 Å². The van der Waals surface area contributed by atoms with E-state index >= 15 is 0 Å². The molecule has 1 aliphatic rings. The molecule has 2 nitrogen and oxygen atoms in total. The van der Waals surface area contributed by atoms with Crippen LogP contribution in [0.3, 0.4) is 0 Å². The predicted molar refractivity (Wildman–Crippen MR) is 71.8 cm³/mol. The maximum Gasteiger partial charge on any atom is 0.00694 e. The first-order chi connectivity index (χ1) is 7.59. The number of nitrogens with zero attached hydrogens (tertiary/aromatic N) is 1. The van der Waals surface area contributed by atoms with Crippen LogP contribution in [0.1, 0.15) is 47.0 Å². The van der Waals surface area contributed by atoms with E-state index in [-0.39, 0.29) is 0 Å². The van der Waals surface area contributed by atoms with Gasteiger partial charge in [0, 0.05) is 6.04 Å². The molecule has 0 spiro atoms. The fourth-order valence-corrected chi connectivity index (χ4v) is 2.59. The van der Waals surface area contributed by atoms with Crippen LogP contribution in [0.5, 0.6) is 0 Å². The molecule has 0 aliphatic carbocycles. The van der Waals surface area contributed by atoms with E-state index in [9.17, 15) is 0 Å². The smallest absolute Gasteiger partial charge is 0.00694 e. The third-order valence-corrected chi connectivity index (χ3v) is 3.63. The van der Waals surface area contributed by atoms with Crippen molar-refractivity contribution in [2.45, 2.75) is 53.0 Å². The Bertz CT molecular complexity index is 180. The van der Waals surface area contributed by atoms with E-state index < -0.39 is 0 Å². The van der Waals surface area contributed by atoms with Gasteiger partial charge in [0.25, 0.3) is 0 Å². The summed E-state index contributed by atoms with van der Waals surface area (Å²) in [5.74, 6) is 1.71. The zero-order valence-corrected chi connectivity index (χ0v) is 11.6. The lowest BCUT2D eigenvalue weighted by atomic mass is 9.93. The zero-order valence-electron chi connectivity index (χ0n) is 11.6. The van der Waals surface area contributed by atoms with Crippen LogP contribution in [0.15, 0.2) is 0 Å². The first kappa shape index (κ1) is 14.0. The Balaban J connectivity index is 2.04. The molecule has 1 heterocycles. The van der Waals surface area contributed by atoms with Gasteiger partial charge in [-0.25, -0.2) is 0 Å². The van der Waals surface area contributed by atoms with Crippen molar-refractivity contribution < 1.29 is 0 Å². The van der Waals surface area contributed by atoms with E-state index in [1.165, 1.54) is 38.9 Å². The summed E-state index contributed by atoms with van der Waals surface area (Å²) < 4.78 is 0. The molecule has 0 saturated carbocycles. The van der Waals surface area contributed by atoms with Crippen LogP contribution in [0.25, 0.3) is 0 Å². The molecule has 2 atom stereocenters. The highest BCUT2D eigenvalue weighted by Crippen LogP contribution is 2.21. The fourth-order valence-electron chi connectivity index (χ4n) is 2.59. The average molecular weight is 226 g/mol. The number of piperidine rings is 1. The van der Waals surface area contributed by atoms with Crippen LogP contribution in [-0.2, 0) is 0 Å². The molecule has 96 valence electrons.